The summed E-state index contributed by atoms with van der Waals surface area (Å²) in [4.78, 5) is 59.9. The molecule has 4 aromatic rings. The number of carbonyl (C=O) groups is 4. The van der Waals surface area contributed by atoms with Crippen LogP contribution in [0.1, 0.15) is 35.4 Å². The van der Waals surface area contributed by atoms with E-state index in [4.69, 9.17) is 4.74 Å². The van der Waals surface area contributed by atoms with Gasteiger partial charge in [0.2, 0.25) is 11.8 Å². The first-order valence-corrected chi connectivity index (χ1v) is 17.5. The molecule has 1 saturated carbocycles. The lowest BCUT2D eigenvalue weighted by molar-refractivity contribution is -0.135. The number of hydrogen-bond donors (Lipinski definition) is 1. The van der Waals surface area contributed by atoms with Gasteiger partial charge in [-0.1, -0.05) is 90.5 Å². The third-order valence-corrected chi connectivity index (χ3v) is 11.8. The van der Waals surface area contributed by atoms with Crippen molar-refractivity contribution in [3.63, 3.8) is 0 Å². The van der Waals surface area contributed by atoms with Crippen molar-refractivity contribution in [2.75, 3.05) is 12.0 Å². The van der Waals surface area contributed by atoms with Crippen molar-refractivity contribution in [3.8, 4) is 11.5 Å². The van der Waals surface area contributed by atoms with Crippen molar-refractivity contribution in [1.29, 1.82) is 0 Å². The number of fused-ring (bicyclic) bond motifs is 4. The standard InChI is InChI=1S/C41H32INO6/c1-49-33-20-24(19-32(42)38(33)46)36-27-17-18-28-35(40(48)43(39(28)47)26-15-9-4-10-16-26)30(27)21-31-37(45)29(23-11-5-2-6-12-23)22-34(44)41(31,36)25-13-7-3-8-14-25/h2-17,19-20,22,28,30-31,35-36,46H,18,21H2,1H3/t28-,30+,31-,35-,36-,41-/m0/s1. The minimum Gasteiger partial charge on any atom is -0.504 e. The summed E-state index contributed by atoms with van der Waals surface area (Å²) in [5.74, 6) is -3.98. The van der Waals surface area contributed by atoms with Crippen molar-refractivity contribution >= 4 is 57.2 Å². The number of imide groups is 1. The molecule has 1 saturated heterocycles. The Morgan fingerprint density at radius 1 is 0.837 bits per heavy atom. The summed E-state index contributed by atoms with van der Waals surface area (Å²) in [5, 5.41) is 10.9. The number of phenols is 1. The summed E-state index contributed by atoms with van der Waals surface area (Å²) in [7, 11) is 1.48. The van der Waals surface area contributed by atoms with E-state index in [0.717, 1.165) is 5.57 Å². The zero-order valence-corrected chi connectivity index (χ0v) is 28.7. The Morgan fingerprint density at radius 2 is 1.49 bits per heavy atom. The first kappa shape index (κ1) is 31.4. The Morgan fingerprint density at radius 3 is 2.16 bits per heavy atom. The van der Waals surface area contributed by atoms with Gasteiger partial charge in [-0.3, -0.25) is 24.1 Å². The molecule has 2 fully saturated rings. The van der Waals surface area contributed by atoms with Crippen LogP contribution in [0.3, 0.4) is 0 Å². The van der Waals surface area contributed by atoms with Crippen molar-refractivity contribution in [2.45, 2.75) is 24.2 Å². The summed E-state index contributed by atoms with van der Waals surface area (Å²) in [6.45, 7) is 0. The normalized spacial score (nSPS) is 27.6. The molecule has 4 aliphatic rings. The second kappa shape index (κ2) is 11.9. The molecule has 0 radical (unpaired) electrons. The van der Waals surface area contributed by atoms with Crippen LogP contribution in [0.4, 0.5) is 5.69 Å². The number of halogens is 1. The SMILES string of the molecule is COc1cc([C@H]2C3=CC[C@@H]4C(=O)N(c5ccccc5)C(=O)[C@@H]4[C@@H]3C[C@H]3C(=O)C(c4ccccc4)=CC(=O)[C@@]23c2ccccc2)cc(I)c1O. The van der Waals surface area contributed by atoms with Crippen LogP contribution in [0.25, 0.3) is 5.57 Å². The lowest BCUT2D eigenvalue weighted by Crippen LogP contribution is -2.58. The van der Waals surface area contributed by atoms with Crippen LogP contribution in [0.15, 0.2) is 121 Å². The number of rotatable bonds is 5. The highest BCUT2D eigenvalue weighted by molar-refractivity contribution is 14.1. The van der Waals surface area contributed by atoms with Gasteiger partial charge in [-0.05, 0) is 88.4 Å². The average molecular weight is 762 g/mol. The van der Waals surface area contributed by atoms with Crippen molar-refractivity contribution in [1.82, 2.24) is 0 Å². The summed E-state index contributed by atoms with van der Waals surface area (Å²) in [6.07, 6.45) is 4.10. The van der Waals surface area contributed by atoms with Crippen LogP contribution in [0.5, 0.6) is 11.5 Å². The molecule has 49 heavy (non-hydrogen) atoms. The lowest BCUT2D eigenvalue weighted by atomic mass is 9.44. The zero-order valence-electron chi connectivity index (χ0n) is 26.6. The molecule has 3 aliphatic carbocycles. The number of allylic oxidation sites excluding steroid dienone is 4. The van der Waals surface area contributed by atoms with E-state index in [2.05, 4.69) is 22.6 Å². The van der Waals surface area contributed by atoms with Gasteiger partial charge in [0.1, 0.15) is 0 Å². The number of aromatic hydroxyl groups is 1. The molecule has 0 unspecified atom stereocenters. The summed E-state index contributed by atoms with van der Waals surface area (Å²) in [5.41, 5.74) is 2.42. The van der Waals surface area contributed by atoms with Gasteiger partial charge in [0.25, 0.3) is 0 Å². The number of ketones is 2. The number of carbonyl (C=O) groups excluding carboxylic acids is 4. The van der Waals surface area contributed by atoms with Crippen molar-refractivity contribution in [2.24, 2.45) is 23.7 Å². The number of amides is 2. The van der Waals surface area contributed by atoms with Gasteiger partial charge in [0.15, 0.2) is 23.1 Å². The lowest BCUT2D eigenvalue weighted by Gasteiger charge is -2.55. The van der Waals surface area contributed by atoms with E-state index in [1.807, 2.05) is 78.9 Å². The highest BCUT2D eigenvalue weighted by Gasteiger charge is 2.66. The van der Waals surface area contributed by atoms with Crippen molar-refractivity contribution < 1.29 is 29.0 Å². The Balaban J connectivity index is 1.39. The Hall–Kier alpha value is -4.83. The van der Waals surface area contributed by atoms with Crippen LogP contribution in [0, 0.1) is 27.2 Å². The largest absolute Gasteiger partial charge is 0.504 e. The number of benzene rings is 4. The molecule has 0 spiro atoms. The molecule has 6 atom stereocenters. The average Bonchev–Trinajstić information content (AvgIpc) is 3.40. The van der Waals surface area contributed by atoms with Gasteiger partial charge in [0.05, 0.1) is 33.6 Å². The fourth-order valence-corrected chi connectivity index (χ4v) is 9.62. The highest BCUT2D eigenvalue weighted by Crippen LogP contribution is 2.64. The highest BCUT2D eigenvalue weighted by atomic mass is 127. The van der Waals surface area contributed by atoms with E-state index in [0.29, 0.717) is 37.9 Å². The van der Waals surface area contributed by atoms with Gasteiger partial charge in [-0.15, -0.1) is 0 Å². The Bertz CT molecular complexity index is 2090. The van der Waals surface area contributed by atoms with Crippen molar-refractivity contribution in [3.05, 3.63) is 141 Å². The molecule has 0 aromatic heterocycles. The molecule has 8 heteroatoms. The van der Waals surface area contributed by atoms with Gasteiger partial charge in [-0.2, -0.15) is 0 Å². The number of phenolic OH excluding ortho intramolecular Hbond substituents is 1. The molecule has 1 heterocycles. The maximum absolute atomic E-state index is 15.2. The maximum atomic E-state index is 15.2. The van der Waals surface area contributed by atoms with Gasteiger partial charge >= 0.3 is 0 Å². The minimum atomic E-state index is -1.36. The van der Waals surface area contributed by atoms with E-state index >= 15 is 9.59 Å². The predicted molar refractivity (Wildman–Crippen MR) is 193 cm³/mol. The quantitative estimate of drug-likeness (QED) is 0.133. The van der Waals surface area contributed by atoms with Gasteiger partial charge in [-0.25, -0.2) is 0 Å². The van der Waals surface area contributed by atoms with Crippen LogP contribution < -0.4 is 9.64 Å². The predicted octanol–water partition coefficient (Wildman–Crippen LogP) is 7.03. The smallest absolute Gasteiger partial charge is 0.238 e. The fraction of sp³-hybridized carbons (Fsp3) is 0.220. The summed E-state index contributed by atoms with van der Waals surface area (Å²) >= 11 is 2.05. The first-order chi connectivity index (χ1) is 23.8. The molecule has 244 valence electrons. The van der Waals surface area contributed by atoms with E-state index in [1.54, 1.807) is 30.3 Å². The molecule has 4 aromatic carbocycles. The Kier molecular flexibility index (Phi) is 7.66. The molecule has 1 aliphatic heterocycles. The minimum absolute atomic E-state index is 0.0189. The number of Topliss-reactive ketones (excluding diaryl/α,β-unsaturated/α-hetero) is 1. The molecule has 8 rings (SSSR count). The zero-order chi connectivity index (χ0) is 34.0. The molecule has 7 nitrogen and oxygen atoms in total. The van der Waals surface area contributed by atoms with Gasteiger partial charge < -0.3 is 9.84 Å². The van der Waals surface area contributed by atoms with E-state index in [1.165, 1.54) is 18.1 Å². The topological polar surface area (TPSA) is 101 Å². The summed E-state index contributed by atoms with van der Waals surface area (Å²) < 4.78 is 6.14. The molecule has 0 bridgehead atoms. The van der Waals surface area contributed by atoms with E-state index < -0.39 is 35.0 Å². The fourth-order valence-electron chi connectivity index (χ4n) is 9.00. The number of nitrogens with zero attached hydrogens (tertiary/aromatic N) is 1. The van der Waals surface area contributed by atoms with Crippen LogP contribution in [-0.2, 0) is 24.6 Å². The number of para-hydroxylation sites is 1. The number of methoxy groups -OCH3 is 1. The second-order valence-electron chi connectivity index (χ2n) is 13.2. The van der Waals surface area contributed by atoms with E-state index in [-0.39, 0.29) is 41.3 Å². The van der Waals surface area contributed by atoms with Gasteiger partial charge in [0, 0.05) is 17.4 Å². The van der Waals surface area contributed by atoms with Crippen LogP contribution >= 0.6 is 22.6 Å². The van der Waals surface area contributed by atoms with E-state index in [9.17, 15) is 14.7 Å². The Labute approximate surface area is 297 Å². The third kappa shape index (κ3) is 4.60. The first-order valence-electron chi connectivity index (χ1n) is 16.4. The third-order valence-electron chi connectivity index (χ3n) is 11.0. The number of ether oxygens (including phenoxy) is 1. The molecular weight excluding hydrogens is 729 g/mol. The number of hydrogen-bond acceptors (Lipinski definition) is 6. The molecular formula is C41H32INO6. The molecule has 1 N–H and O–H groups in total. The maximum Gasteiger partial charge on any atom is 0.238 e. The monoisotopic (exact) mass is 761 g/mol. The van der Waals surface area contributed by atoms with Crippen LogP contribution in [-0.4, -0.2) is 35.6 Å². The molecule has 2 amide bonds. The van der Waals surface area contributed by atoms with Crippen LogP contribution in [0.2, 0.25) is 0 Å². The second-order valence-corrected chi connectivity index (χ2v) is 14.4. The summed E-state index contributed by atoms with van der Waals surface area (Å²) in [6, 6.07) is 31.2. The number of anilines is 1.